The lowest BCUT2D eigenvalue weighted by Gasteiger charge is -2.06. The molecule has 0 unspecified atom stereocenters. The van der Waals surface area contributed by atoms with Gasteiger partial charge in [-0.2, -0.15) is 0 Å². The van der Waals surface area contributed by atoms with Crippen molar-refractivity contribution in [2.75, 3.05) is 0 Å². The molecule has 2 aromatic rings. The molecule has 80 valence electrons. The van der Waals surface area contributed by atoms with Crippen LogP contribution in [-0.4, -0.2) is 17.2 Å². The average Bonchev–Trinajstić information content (AvgIpc) is 2.67. The van der Waals surface area contributed by atoms with Gasteiger partial charge in [-0.25, -0.2) is 0 Å². The van der Waals surface area contributed by atoms with Gasteiger partial charge in [0.05, 0.1) is 0 Å². The van der Waals surface area contributed by atoms with Crippen molar-refractivity contribution in [1.29, 1.82) is 0 Å². The van der Waals surface area contributed by atoms with Gasteiger partial charge < -0.3 is 10.0 Å². The van der Waals surface area contributed by atoms with Gasteiger partial charge in [-0.05, 0) is 35.0 Å². The molecule has 0 bridgehead atoms. The number of benzene rings is 1. The molecule has 1 aliphatic rings. The smallest absolute Gasteiger partial charge is 0.423 e. The van der Waals surface area contributed by atoms with Crippen molar-refractivity contribution in [2.24, 2.45) is 0 Å². The van der Waals surface area contributed by atoms with E-state index in [9.17, 15) is 10.0 Å². The average molecular weight is 230 g/mol. The Kier molecular flexibility index (Phi) is 2.35. The second kappa shape index (κ2) is 3.73. The maximum atomic E-state index is 9.36. The van der Waals surface area contributed by atoms with Gasteiger partial charge in [0.15, 0.2) is 0 Å². The van der Waals surface area contributed by atoms with Gasteiger partial charge >= 0.3 is 7.12 Å². The van der Waals surface area contributed by atoms with E-state index in [2.05, 4.69) is 18.2 Å². The summed E-state index contributed by atoms with van der Waals surface area (Å²) in [6.07, 6.45) is 3.83. The Bertz CT molecular complexity index is 657. The molecule has 2 N–H and O–H groups in total. The van der Waals surface area contributed by atoms with Crippen molar-refractivity contribution in [2.45, 2.75) is 12.8 Å². The summed E-state index contributed by atoms with van der Waals surface area (Å²) >= 11 is 1.65. The quantitative estimate of drug-likeness (QED) is 0.706. The van der Waals surface area contributed by atoms with Crippen LogP contribution in [0.25, 0.3) is 21.6 Å². The Morgan fingerprint density at radius 2 is 2.00 bits per heavy atom. The molecule has 0 amide bonds. The fraction of sp³-hybridized carbons (Fsp3) is 0.167. The number of hydrogen-bond donors (Lipinski definition) is 2. The maximum absolute atomic E-state index is 9.36. The summed E-state index contributed by atoms with van der Waals surface area (Å²) in [4.78, 5) is 0. The van der Waals surface area contributed by atoms with Gasteiger partial charge in [0.25, 0.3) is 0 Å². The molecule has 1 aliphatic carbocycles. The van der Waals surface area contributed by atoms with Crippen molar-refractivity contribution in [3.8, 4) is 0 Å². The van der Waals surface area contributed by atoms with Gasteiger partial charge in [-0.3, -0.25) is 0 Å². The lowest BCUT2D eigenvalue weighted by atomic mass is 9.75. The van der Waals surface area contributed by atoms with Crippen LogP contribution in [0, 0.1) is 0 Å². The minimum atomic E-state index is -1.32. The number of fused-ring (bicyclic) bond motifs is 3. The standard InChI is InChI=1S/C12H11BO2S/c14-13(15)10-6-3-5-9-8-4-1-2-7-11(8)16-12(9)10/h1-2,4-5,7,14-15H,3,6H2. The van der Waals surface area contributed by atoms with Crippen molar-refractivity contribution >= 4 is 40.1 Å². The SMILES string of the molecule is OB(O)C1=c2sc3ccccc3c2=CCC1. The minimum absolute atomic E-state index is 0.748. The molecule has 0 fully saturated rings. The normalized spacial score (nSPS) is 14.8. The van der Waals surface area contributed by atoms with E-state index in [1.54, 1.807) is 11.3 Å². The Morgan fingerprint density at radius 1 is 1.19 bits per heavy atom. The molecule has 3 rings (SSSR count). The third-order valence-corrected chi connectivity index (χ3v) is 4.26. The van der Waals surface area contributed by atoms with Crippen LogP contribution in [0.3, 0.4) is 0 Å². The Morgan fingerprint density at radius 3 is 2.81 bits per heavy atom. The first-order valence-corrected chi connectivity index (χ1v) is 6.16. The largest absolute Gasteiger partial charge is 0.485 e. The lowest BCUT2D eigenvalue weighted by Crippen LogP contribution is -2.31. The zero-order valence-corrected chi connectivity index (χ0v) is 9.50. The topological polar surface area (TPSA) is 40.5 Å². The number of thiophene rings is 1. The Labute approximate surface area is 97.3 Å². The molecule has 1 heterocycles. The van der Waals surface area contributed by atoms with E-state index in [-0.39, 0.29) is 0 Å². The van der Waals surface area contributed by atoms with E-state index in [4.69, 9.17) is 0 Å². The van der Waals surface area contributed by atoms with Gasteiger partial charge in [0, 0.05) is 9.23 Å². The number of hydrogen-bond acceptors (Lipinski definition) is 3. The fourth-order valence-electron chi connectivity index (χ4n) is 2.24. The van der Waals surface area contributed by atoms with E-state index in [1.165, 1.54) is 15.3 Å². The fourth-order valence-corrected chi connectivity index (χ4v) is 3.53. The van der Waals surface area contributed by atoms with Gasteiger partial charge in [0.2, 0.25) is 0 Å². The van der Waals surface area contributed by atoms with Crippen molar-refractivity contribution < 1.29 is 10.0 Å². The van der Waals surface area contributed by atoms with E-state index < -0.39 is 7.12 Å². The molecular formula is C12H11BO2S. The van der Waals surface area contributed by atoms with Crippen LogP contribution in [0.2, 0.25) is 0 Å². The van der Waals surface area contributed by atoms with E-state index in [0.29, 0.717) is 0 Å². The summed E-state index contributed by atoms with van der Waals surface area (Å²) < 4.78 is 2.26. The van der Waals surface area contributed by atoms with Gasteiger partial charge in [-0.15, -0.1) is 11.3 Å². The minimum Gasteiger partial charge on any atom is -0.423 e. The molecule has 0 atom stereocenters. The maximum Gasteiger partial charge on any atom is 0.485 e. The molecule has 0 aliphatic heterocycles. The highest BCUT2D eigenvalue weighted by Crippen LogP contribution is 2.17. The molecule has 16 heavy (non-hydrogen) atoms. The summed E-state index contributed by atoms with van der Waals surface area (Å²) in [5.41, 5.74) is 0.763. The first kappa shape index (κ1) is 10.1. The van der Waals surface area contributed by atoms with Crippen molar-refractivity contribution in [1.82, 2.24) is 0 Å². The molecule has 1 aromatic carbocycles. The van der Waals surface area contributed by atoms with Crippen LogP contribution in [0.15, 0.2) is 24.3 Å². The first-order chi connectivity index (χ1) is 7.77. The van der Waals surface area contributed by atoms with E-state index in [1.807, 2.05) is 12.1 Å². The Balaban J connectivity index is 2.51. The highest BCUT2D eigenvalue weighted by molar-refractivity contribution is 7.17. The highest BCUT2D eigenvalue weighted by Gasteiger charge is 2.19. The molecule has 2 nitrogen and oxygen atoms in total. The summed E-state index contributed by atoms with van der Waals surface area (Å²) in [6.45, 7) is 0. The molecule has 0 spiro atoms. The zero-order valence-electron chi connectivity index (χ0n) is 8.68. The van der Waals surface area contributed by atoms with Crippen LogP contribution in [0.4, 0.5) is 0 Å². The van der Waals surface area contributed by atoms with Crippen LogP contribution in [0.1, 0.15) is 12.8 Å². The predicted octanol–water partition coefficient (Wildman–Crippen LogP) is 0.638. The van der Waals surface area contributed by atoms with Crippen molar-refractivity contribution in [3.05, 3.63) is 34.0 Å². The third kappa shape index (κ3) is 1.42. The third-order valence-electron chi connectivity index (χ3n) is 3.00. The van der Waals surface area contributed by atoms with E-state index in [0.717, 1.165) is 22.8 Å². The van der Waals surface area contributed by atoms with E-state index >= 15 is 0 Å². The number of rotatable bonds is 1. The molecule has 0 saturated carbocycles. The van der Waals surface area contributed by atoms with Crippen LogP contribution in [0.5, 0.6) is 0 Å². The summed E-state index contributed by atoms with van der Waals surface area (Å²) in [7, 11) is -1.32. The molecular weight excluding hydrogens is 219 g/mol. The molecule has 0 saturated heterocycles. The van der Waals surface area contributed by atoms with Crippen LogP contribution < -0.4 is 9.75 Å². The van der Waals surface area contributed by atoms with Gasteiger partial charge in [0.1, 0.15) is 0 Å². The van der Waals surface area contributed by atoms with Gasteiger partial charge in [-0.1, -0.05) is 24.3 Å². The highest BCUT2D eigenvalue weighted by atomic mass is 32.1. The second-order valence-corrected chi connectivity index (χ2v) is 5.03. The predicted molar refractivity (Wildman–Crippen MR) is 68.4 cm³/mol. The molecule has 1 aromatic heterocycles. The molecule has 0 radical (unpaired) electrons. The van der Waals surface area contributed by atoms with Crippen LogP contribution >= 0.6 is 11.3 Å². The van der Waals surface area contributed by atoms with Crippen LogP contribution in [-0.2, 0) is 0 Å². The molecule has 4 heteroatoms. The lowest BCUT2D eigenvalue weighted by molar-refractivity contribution is 0.425. The second-order valence-electron chi connectivity index (χ2n) is 3.98. The zero-order chi connectivity index (χ0) is 11.1. The summed E-state index contributed by atoms with van der Waals surface area (Å²) in [5, 5.41) is 21.1. The first-order valence-electron chi connectivity index (χ1n) is 5.34. The summed E-state index contributed by atoms with van der Waals surface area (Å²) in [6, 6.07) is 8.20. The van der Waals surface area contributed by atoms with Crippen molar-refractivity contribution in [3.63, 3.8) is 0 Å². The summed E-state index contributed by atoms with van der Waals surface area (Å²) in [5.74, 6) is 0. The Hall–Kier alpha value is -1.10. The monoisotopic (exact) mass is 230 g/mol.